The van der Waals surface area contributed by atoms with E-state index in [0.29, 0.717) is 56.6 Å². The standard InChI is InChI=1S/C23H27N3O5S/c1-3-30-18-6-9-22(31-4-2)21(16-18)25-23-10-5-17-15-19(7-8-20(17)24-23)32(27,28)26-11-13-29-14-12-26/h5-10,15-16H,3-4,11-14H2,1-2H3,(H,24,25). The lowest BCUT2D eigenvalue weighted by molar-refractivity contribution is 0.0730. The molecule has 32 heavy (non-hydrogen) atoms. The lowest BCUT2D eigenvalue weighted by Crippen LogP contribution is -2.40. The fraction of sp³-hybridized carbons (Fsp3) is 0.348. The van der Waals surface area contributed by atoms with Crippen LogP contribution in [0.3, 0.4) is 0 Å². The van der Waals surface area contributed by atoms with Crippen molar-refractivity contribution in [2.24, 2.45) is 0 Å². The highest BCUT2D eigenvalue weighted by molar-refractivity contribution is 7.89. The number of benzene rings is 2. The molecule has 0 saturated carbocycles. The largest absolute Gasteiger partial charge is 0.494 e. The number of anilines is 2. The molecule has 0 radical (unpaired) electrons. The van der Waals surface area contributed by atoms with Crippen molar-refractivity contribution in [2.45, 2.75) is 18.7 Å². The second kappa shape index (κ2) is 9.72. The molecule has 1 saturated heterocycles. The summed E-state index contributed by atoms with van der Waals surface area (Å²) in [5.41, 5.74) is 1.44. The number of ether oxygens (including phenoxy) is 3. The highest BCUT2D eigenvalue weighted by Gasteiger charge is 2.26. The van der Waals surface area contributed by atoms with Crippen molar-refractivity contribution in [2.75, 3.05) is 44.8 Å². The van der Waals surface area contributed by atoms with Crippen LogP contribution in [0.5, 0.6) is 11.5 Å². The van der Waals surface area contributed by atoms with E-state index in [1.165, 1.54) is 4.31 Å². The number of aromatic nitrogens is 1. The van der Waals surface area contributed by atoms with E-state index in [2.05, 4.69) is 10.3 Å². The third-order valence-corrected chi connectivity index (χ3v) is 6.99. The Kier molecular flexibility index (Phi) is 6.78. The Morgan fingerprint density at radius 3 is 2.53 bits per heavy atom. The van der Waals surface area contributed by atoms with Crippen molar-refractivity contribution in [3.8, 4) is 11.5 Å². The number of hydrogen-bond acceptors (Lipinski definition) is 7. The van der Waals surface area contributed by atoms with Gasteiger partial charge in [-0.05, 0) is 56.3 Å². The van der Waals surface area contributed by atoms with E-state index in [0.717, 1.165) is 16.8 Å². The maximum Gasteiger partial charge on any atom is 0.243 e. The lowest BCUT2D eigenvalue weighted by Gasteiger charge is -2.26. The van der Waals surface area contributed by atoms with Gasteiger partial charge in [0.05, 0.1) is 42.5 Å². The average molecular weight is 458 g/mol. The highest BCUT2D eigenvalue weighted by Crippen LogP contribution is 2.32. The van der Waals surface area contributed by atoms with Crippen LogP contribution < -0.4 is 14.8 Å². The van der Waals surface area contributed by atoms with Crippen molar-refractivity contribution >= 4 is 32.4 Å². The van der Waals surface area contributed by atoms with Gasteiger partial charge < -0.3 is 19.5 Å². The number of nitrogens with zero attached hydrogens (tertiary/aromatic N) is 2. The fourth-order valence-corrected chi connectivity index (χ4v) is 5.00. The van der Waals surface area contributed by atoms with E-state index in [9.17, 15) is 8.42 Å². The van der Waals surface area contributed by atoms with Crippen LogP contribution in [0.4, 0.5) is 11.5 Å². The summed E-state index contributed by atoms with van der Waals surface area (Å²) in [4.78, 5) is 4.91. The molecule has 1 N–H and O–H groups in total. The molecule has 3 aromatic rings. The summed E-state index contributed by atoms with van der Waals surface area (Å²) in [5, 5.41) is 4.04. The summed E-state index contributed by atoms with van der Waals surface area (Å²) in [6.07, 6.45) is 0. The van der Waals surface area contributed by atoms with Crippen LogP contribution >= 0.6 is 0 Å². The molecule has 4 rings (SSSR count). The molecule has 8 nitrogen and oxygen atoms in total. The number of hydrogen-bond donors (Lipinski definition) is 1. The Morgan fingerprint density at radius 2 is 1.78 bits per heavy atom. The molecule has 1 aromatic heterocycles. The van der Waals surface area contributed by atoms with Gasteiger partial charge in [0.1, 0.15) is 17.3 Å². The van der Waals surface area contributed by atoms with Gasteiger partial charge in [0.25, 0.3) is 0 Å². The van der Waals surface area contributed by atoms with Crippen LogP contribution in [0.1, 0.15) is 13.8 Å². The molecule has 0 amide bonds. The minimum absolute atomic E-state index is 0.262. The van der Waals surface area contributed by atoms with Gasteiger partial charge in [-0.2, -0.15) is 4.31 Å². The summed E-state index contributed by atoms with van der Waals surface area (Å²) >= 11 is 0. The molecule has 9 heteroatoms. The first-order valence-electron chi connectivity index (χ1n) is 10.7. The summed E-state index contributed by atoms with van der Waals surface area (Å²) in [6, 6.07) is 14.3. The van der Waals surface area contributed by atoms with Gasteiger partial charge in [0.15, 0.2) is 0 Å². The second-order valence-electron chi connectivity index (χ2n) is 7.22. The van der Waals surface area contributed by atoms with Crippen LogP contribution in [0, 0.1) is 0 Å². The summed E-state index contributed by atoms with van der Waals surface area (Å²) in [6.45, 7) is 6.52. The first-order chi connectivity index (χ1) is 15.5. The molecule has 1 aliphatic heterocycles. The average Bonchev–Trinajstić information content (AvgIpc) is 2.81. The Labute approximate surface area is 188 Å². The molecular weight excluding hydrogens is 430 g/mol. The predicted octanol–water partition coefficient (Wildman–Crippen LogP) is 3.80. The number of fused-ring (bicyclic) bond motifs is 1. The van der Waals surface area contributed by atoms with Crippen molar-refractivity contribution in [3.63, 3.8) is 0 Å². The normalized spacial score (nSPS) is 14.9. The number of morpholine rings is 1. The van der Waals surface area contributed by atoms with E-state index in [1.54, 1.807) is 18.2 Å². The molecule has 0 bridgehead atoms. The quantitative estimate of drug-likeness (QED) is 0.550. The smallest absolute Gasteiger partial charge is 0.243 e. The number of rotatable bonds is 8. The van der Waals surface area contributed by atoms with Crippen LogP contribution in [0.25, 0.3) is 10.9 Å². The molecule has 0 atom stereocenters. The van der Waals surface area contributed by atoms with Gasteiger partial charge in [0, 0.05) is 24.5 Å². The first-order valence-corrected chi connectivity index (χ1v) is 12.1. The maximum atomic E-state index is 12.9. The Morgan fingerprint density at radius 1 is 1.00 bits per heavy atom. The molecule has 1 fully saturated rings. The van der Waals surface area contributed by atoms with E-state index < -0.39 is 10.0 Å². The summed E-state index contributed by atoms with van der Waals surface area (Å²) < 4.78 is 43.9. The van der Waals surface area contributed by atoms with Gasteiger partial charge in [0.2, 0.25) is 10.0 Å². The predicted molar refractivity (Wildman–Crippen MR) is 123 cm³/mol. The molecule has 170 valence electrons. The van der Waals surface area contributed by atoms with E-state index >= 15 is 0 Å². The minimum atomic E-state index is -3.55. The van der Waals surface area contributed by atoms with Crippen molar-refractivity contribution in [3.05, 3.63) is 48.5 Å². The van der Waals surface area contributed by atoms with Crippen molar-refractivity contribution in [1.29, 1.82) is 0 Å². The first kappa shape index (κ1) is 22.3. The maximum absolute atomic E-state index is 12.9. The van der Waals surface area contributed by atoms with Crippen molar-refractivity contribution < 1.29 is 22.6 Å². The molecule has 2 heterocycles. The third kappa shape index (κ3) is 4.79. The zero-order valence-electron chi connectivity index (χ0n) is 18.2. The van der Waals surface area contributed by atoms with Crippen LogP contribution in [0.2, 0.25) is 0 Å². The minimum Gasteiger partial charge on any atom is -0.494 e. The zero-order chi connectivity index (χ0) is 22.6. The van der Waals surface area contributed by atoms with Gasteiger partial charge in [-0.1, -0.05) is 0 Å². The van der Waals surface area contributed by atoms with Crippen LogP contribution in [-0.4, -0.2) is 57.2 Å². The van der Waals surface area contributed by atoms with E-state index in [-0.39, 0.29) is 4.90 Å². The third-order valence-electron chi connectivity index (χ3n) is 5.09. The molecule has 0 unspecified atom stereocenters. The van der Waals surface area contributed by atoms with E-state index in [1.807, 2.05) is 44.2 Å². The Balaban J connectivity index is 1.61. The van der Waals surface area contributed by atoms with Gasteiger partial charge in [-0.3, -0.25) is 0 Å². The van der Waals surface area contributed by atoms with Crippen LogP contribution in [0.15, 0.2) is 53.4 Å². The van der Waals surface area contributed by atoms with Crippen molar-refractivity contribution in [1.82, 2.24) is 9.29 Å². The molecule has 2 aromatic carbocycles. The molecule has 0 aliphatic carbocycles. The Bertz CT molecular complexity index is 1190. The zero-order valence-corrected chi connectivity index (χ0v) is 19.0. The topological polar surface area (TPSA) is 90.0 Å². The highest BCUT2D eigenvalue weighted by atomic mass is 32.2. The summed E-state index contributed by atoms with van der Waals surface area (Å²) in [7, 11) is -3.55. The summed E-state index contributed by atoms with van der Waals surface area (Å²) in [5.74, 6) is 2.05. The Hall–Kier alpha value is -2.88. The fourth-order valence-electron chi connectivity index (χ4n) is 3.55. The van der Waals surface area contributed by atoms with Gasteiger partial charge >= 0.3 is 0 Å². The number of sulfonamides is 1. The molecule has 1 aliphatic rings. The molecular formula is C23H27N3O5S. The SMILES string of the molecule is CCOc1ccc(OCC)c(Nc2ccc3cc(S(=O)(=O)N4CCOCC4)ccc3n2)c1. The van der Waals surface area contributed by atoms with Crippen LogP contribution in [-0.2, 0) is 14.8 Å². The second-order valence-corrected chi connectivity index (χ2v) is 9.15. The van der Waals surface area contributed by atoms with E-state index in [4.69, 9.17) is 14.2 Å². The number of pyridine rings is 1. The molecule has 0 spiro atoms. The van der Waals surface area contributed by atoms with Gasteiger partial charge in [-0.15, -0.1) is 0 Å². The number of nitrogens with one attached hydrogen (secondary N) is 1. The van der Waals surface area contributed by atoms with Gasteiger partial charge in [-0.25, -0.2) is 13.4 Å². The lowest BCUT2D eigenvalue weighted by atomic mass is 10.2. The monoisotopic (exact) mass is 457 g/mol.